The molecule has 0 aliphatic heterocycles. The maximum absolute atomic E-state index is 13.2. The molecule has 35 heavy (non-hydrogen) atoms. The zero-order chi connectivity index (χ0) is 26.1. The Kier molecular flexibility index (Phi) is 7.39. The summed E-state index contributed by atoms with van der Waals surface area (Å²) in [7, 11) is 5.70. The Morgan fingerprint density at radius 1 is 0.857 bits per heavy atom. The summed E-state index contributed by atoms with van der Waals surface area (Å²) < 4.78 is 24.8. The highest BCUT2D eigenvalue weighted by molar-refractivity contribution is 5.96. The van der Waals surface area contributed by atoms with Crippen molar-refractivity contribution in [2.45, 2.75) is 17.9 Å². The molecule has 2 bridgehead atoms. The van der Waals surface area contributed by atoms with E-state index in [-0.39, 0.29) is 12.0 Å². The number of esters is 4. The van der Waals surface area contributed by atoms with Gasteiger partial charge in [-0.1, -0.05) is 12.1 Å². The van der Waals surface area contributed by atoms with Gasteiger partial charge in [0.15, 0.2) is 0 Å². The van der Waals surface area contributed by atoms with Gasteiger partial charge in [-0.25, -0.2) is 4.79 Å². The molecule has 11 nitrogen and oxygen atoms in total. The van der Waals surface area contributed by atoms with E-state index < -0.39 is 64.8 Å². The van der Waals surface area contributed by atoms with Crippen molar-refractivity contribution >= 4 is 23.9 Å². The minimum absolute atomic E-state index is 0.0720. The second-order valence-electron chi connectivity index (χ2n) is 8.36. The molecule has 0 amide bonds. The smallest absolute Gasteiger partial charge is 0.337 e. The Labute approximate surface area is 201 Å². The molecule has 0 aromatic heterocycles. The summed E-state index contributed by atoms with van der Waals surface area (Å²) in [6.07, 6.45) is -0.0720. The van der Waals surface area contributed by atoms with Crippen LogP contribution in [0.1, 0.15) is 17.9 Å². The standard InChI is InChI=1S/C24H28O11/c1-31-12-8-6-7-11(9-12)13-10-14-15(20(26)32-2)19(25)18(23(29)35-5)24(30,16(13)21(27)33-3)17(14)22(28)34-4/h6-9,13-14,16-18,25,30H,10H2,1-5H3/t13-,14-,16-,17-,18?,24+/m0/s1. The fourth-order valence-corrected chi connectivity index (χ4v) is 5.54. The minimum atomic E-state index is -2.58. The largest absolute Gasteiger partial charge is 0.511 e. The number of ether oxygens (including phenoxy) is 5. The molecule has 1 unspecified atom stereocenters. The lowest BCUT2D eigenvalue weighted by molar-refractivity contribution is -0.208. The van der Waals surface area contributed by atoms with E-state index in [9.17, 15) is 29.4 Å². The summed E-state index contributed by atoms with van der Waals surface area (Å²) in [5, 5.41) is 23.3. The number of fused-ring (bicyclic) bond motifs is 2. The molecule has 1 fully saturated rings. The molecule has 2 N–H and O–H groups in total. The second kappa shape index (κ2) is 9.95. The van der Waals surface area contributed by atoms with Crippen LogP contribution in [0.25, 0.3) is 0 Å². The summed E-state index contributed by atoms with van der Waals surface area (Å²) in [5.74, 6) is -11.6. The highest BCUT2D eigenvalue weighted by atomic mass is 16.5. The average Bonchev–Trinajstić information content (AvgIpc) is 2.86. The lowest BCUT2D eigenvalue weighted by Crippen LogP contribution is -2.68. The normalized spacial score (nSPS) is 29.6. The van der Waals surface area contributed by atoms with Gasteiger partial charge in [0.1, 0.15) is 23.0 Å². The van der Waals surface area contributed by atoms with Gasteiger partial charge in [-0.3, -0.25) is 14.4 Å². The molecule has 190 valence electrons. The van der Waals surface area contributed by atoms with Gasteiger partial charge >= 0.3 is 23.9 Å². The van der Waals surface area contributed by atoms with Gasteiger partial charge in [0.2, 0.25) is 0 Å². The SMILES string of the molecule is COC(=O)C1=C(O)C(C(=O)OC)[C@]2(O)[C@H](C(=O)OC)[C@H]1C[C@@H](c1cccc(OC)c1)[C@H]2C(=O)OC. The number of benzene rings is 1. The molecule has 1 aromatic rings. The van der Waals surface area contributed by atoms with Gasteiger partial charge < -0.3 is 33.9 Å². The Morgan fingerprint density at radius 2 is 1.43 bits per heavy atom. The zero-order valence-corrected chi connectivity index (χ0v) is 20.0. The summed E-state index contributed by atoms with van der Waals surface area (Å²) in [6.45, 7) is 0. The predicted octanol–water partition coefficient (Wildman–Crippen LogP) is 0.896. The Morgan fingerprint density at radius 3 is 1.94 bits per heavy atom. The summed E-state index contributed by atoms with van der Waals surface area (Å²) in [5.41, 5.74) is -2.44. The van der Waals surface area contributed by atoms with Crippen LogP contribution in [0.2, 0.25) is 0 Å². The van der Waals surface area contributed by atoms with Crippen LogP contribution >= 0.6 is 0 Å². The van der Waals surface area contributed by atoms with Crippen LogP contribution < -0.4 is 4.74 Å². The van der Waals surface area contributed by atoms with Crippen molar-refractivity contribution in [1.29, 1.82) is 0 Å². The third-order valence-electron chi connectivity index (χ3n) is 6.97. The van der Waals surface area contributed by atoms with Crippen LogP contribution in [-0.4, -0.2) is 75.2 Å². The van der Waals surface area contributed by atoms with Gasteiger partial charge in [-0.2, -0.15) is 0 Å². The van der Waals surface area contributed by atoms with E-state index in [4.69, 9.17) is 23.7 Å². The molecule has 0 radical (unpaired) electrons. The van der Waals surface area contributed by atoms with Crippen LogP contribution in [0.5, 0.6) is 5.75 Å². The van der Waals surface area contributed by atoms with Crippen LogP contribution in [-0.2, 0) is 38.1 Å². The van der Waals surface area contributed by atoms with Crippen LogP contribution in [0.4, 0.5) is 0 Å². The van der Waals surface area contributed by atoms with E-state index in [1.165, 1.54) is 7.11 Å². The van der Waals surface area contributed by atoms with Crippen LogP contribution in [0, 0.1) is 23.7 Å². The first-order chi connectivity index (χ1) is 16.6. The first-order valence-electron chi connectivity index (χ1n) is 10.7. The maximum Gasteiger partial charge on any atom is 0.337 e. The van der Waals surface area contributed by atoms with Crippen molar-refractivity contribution in [2.75, 3.05) is 35.5 Å². The molecule has 0 heterocycles. The molecular formula is C24H28O11. The number of carbonyl (C=O) groups is 4. The first-order valence-corrected chi connectivity index (χ1v) is 10.7. The van der Waals surface area contributed by atoms with E-state index in [1.807, 2.05) is 0 Å². The molecule has 2 aliphatic rings. The van der Waals surface area contributed by atoms with Gasteiger partial charge in [-0.05, 0) is 24.1 Å². The highest BCUT2D eigenvalue weighted by Crippen LogP contribution is 2.60. The molecule has 0 saturated heterocycles. The molecule has 11 heteroatoms. The van der Waals surface area contributed by atoms with Crippen LogP contribution in [0.3, 0.4) is 0 Å². The third-order valence-corrected chi connectivity index (χ3v) is 6.97. The van der Waals surface area contributed by atoms with Crippen LogP contribution in [0.15, 0.2) is 35.6 Å². The molecule has 2 aliphatic carbocycles. The fraction of sp³-hybridized carbons (Fsp3) is 0.500. The summed E-state index contributed by atoms with van der Waals surface area (Å²) >= 11 is 0. The quantitative estimate of drug-likeness (QED) is 0.430. The summed E-state index contributed by atoms with van der Waals surface area (Å²) in [4.78, 5) is 52.0. The number of aliphatic hydroxyl groups excluding tert-OH is 1. The van der Waals surface area contributed by atoms with Gasteiger partial charge in [0.05, 0.1) is 53.0 Å². The molecule has 0 spiro atoms. The fourth-order valence-electron chi connectivity index (χ4n) is 5.54. The molecule has 6 atom stereocenters. The number of hydrogen-bond donors (Lipinski definition) is 2. The number of methoxy groups -OCH3 is 5. The highest BCUT2D eigenvalue weighted by Gasteiger charge is 2.71. The van der Waals surface area contributed by atoms with E-state index in [2.05, 4.69) is 0 Å². The summed E-state index contributed by atoms with van der Waals surface area (Å²) in [6, 6.07) is 6.65. The van der Waals surface area contributed by atoms with Gasteiger partial charge in [0, 0.05) is 11.8 Å². The monoisotopic (exact) mass is 492 g/mol. The lowest BCUT2D eigenvalue weighted by atomic mass is 9.49. The van der Waals surface area contributed by atoms with Crippen molar-refractivity contribution in [3.05, 3.63) is 41.2 Å². The predicted molar refractivity (Wildman–Crippen MR) is 117 cm³/mol. The molecule has 1 saturated carbocycles. The van der Waals surface area contributed by atoms with Crippen molar-refractivity contribution in [1.82, 2.24) is 0 Å². The number of aliphatic hydroxyl groups is 2. The average molecular weight is 492 g/mol. The molecular weight excluding hydrogens is 464 g/mol. The third kappa shape index (κ3) is 3.99. The first kappa shape index (κ1) is 26.0. The zero-order valence-electron chi connectivity index (χ0n) is 20.0. The van der Waals surface area contributed by atoms with Gasteiger partial charge in [0.25, 0.3) is 0 Å². The van der Waals surface area contributed by atoms with Crippen molar-refractivity contribution < 1.29 is 53.1 Å². The minimum Gasteiger partial charge on any atom is -0.511 e. The molecule has 3 rings (SSSR count). The number of carbonyl (C=O) groups excluding carboxylic acids is 4. The topological polar surface area (TPSA) is 155 Å². The Balaban J connectivity index is 2.41. The Bertz CT molecular complexity index is 1060. The Hall–Kier alpha value is -3.60. The number of rotatable bonds is 6. The molecule has 1 aromatic carbocycles. The van der Waals surface area contributed by atoms with Crippen molar-refractivity contribution in [2.24, 2.45) is 23.7 Å². The van der Waals surface area contributed by atoms with Gasteiger partial charge in [-0.15, -0.1) is 0 Å². The van der Waals surface area contributed by atoms with E-state index in [1.54, 1.807) is 24.3 Å². The van der Waals surface area contributed by atoms with E-state index in [0.717, 1.165) is 28.4 Å². The van der Waals surface area contributed by atoms with E-state index >= 15 is 0 Å². The second-order valence-corrected chi connectivity index (χ2v) is 8.36. The van der Waals surface area contributed by atoms with E-state index in [0.29, 0.717) is 11.3 Å². The lowest BCUT2D eigenvalue weighted by Gasteiger charge is -2.55. The van der Waals surface area contributed by atoms with Crippen molar-refractivity contribution in [3.8, 4) is 5.75 Å². The number of hydrogen-bond acceptors (Lipinski definition) is 11. The maximum atomic E-state index is 13.2. The van der Waals surface area contributed by atoms with Crippen molar-refractivity contribution in [3.63, 3.8) is 0 Å².